The molecule has 2 atom stereocenters. The highest BCUT2D eigenvalue weighted by atomic mass is 35.5. The molecule has 1 aliphatic heterocycles. The van der Waals surface area contributed by atoms with Gasteiger partial charge in [-0.1, -0.05) is 54.6 Å². The number of rotatable bonds is 6. The normalized spacial score (nSPS) is 17.6. The standard InChI is InChI=1S/C25H25F3N2O2.ClH/c1-17(22-8-4-6-19-5-2-3-7-23(19)22)29-13-21-15-30(24(31)16-32-21)14-18-9-11-20(12-10-18)25(26,27)28;/h2-12,17,21,29H,13-16H2,1H3;1H/t17-,21?;/m1./s1. The zero-order valence-corrected chi connectivity index (χ0v) is 19.0. The fourth-order valence-electron chi connectivity index (χ4n) is 4.02. The summed E-state index contributed by atoms with van der Waals surface area (Å²) in [4.78, 5) is 13.9. The Labute approximate surface area is 197 Å². The topological polar surface area (TPSA) is 41.6 Å². The molecule has 0 aromatic heterocycles. The lowest BCUT2D eigenvalue weighted by atomic mass is 9.99. The van der Waals surface area contributed by atoms with Crippen molar-refractivity contribution in [3.05, 3.63) is 83.4 Å². The van der Waals surface area contributed by atoms with Crippen LogP contribution in [-0.2, 0) is 22.3 Å². The summed E-state index contributed by atoms with van der Waals surface area (Å²) in [6.07, 6.45) is -4.57. The van der Waals surface area contributed by atoms with Crippen molar-refractivity contribution in [2.75, 3.05) is 19.7 Å². The Kier molecular flexibility index (Phi) is 8.00. The molecule has 1 heterocycles. The Morgan fingerprint density at radius 1 is 1.06 bits per heavy atom. The lowest BCUT2D eigenvalue weighted by Crippen LogP contribution is -2.49. The van der Waals surface area contributed by atoms with E-state index in [0.717, 1.165) is 12.1 Å². The van der Waals surface area contributed by atoms with Gasteiger partial charge < -0.3 is 15.0 Å². The number of nitrogens with zero attached hydrogens (tertiary/aromatic N) is 1. The second-order valence-electron chi connectivity index (χ2n) is 8.10. The van der Waals surface area contributed by atoms with Gasteiger partial charge in [0.25, 0.3) is 0 Å². The lowest BCUT2D eigenvalue weighted by Gasteiger charge is -2.33. The van der Waals surface area contributed by atoms with Crippen LogP contribution in [0.4, 0.5) is 13.2 Å². The Morgan fingerprint density at radius 3 is 2.48 bits per heavy atom. The van der Waals surface area contributed by atoms with E-state index >= 15 is 0 Å². The monoisotopic (exact) mass is 478 g/mol. The maximum absolute atomic E-state index is 12.8. The number of amides is 1. The van der Waals surface area contributed by atoms with Crippen LogP contribution in [0.25, 0.3) is 10.8 Å². The number of halogens is 4. The zero-order chi connectivity index (χ0) is 22.7. The van der Waals surface area contributed by atoms with E-state index in [1.807, 2.05) is 18.2 Å². The summed E-state index contributed by atoms with van der Waals surface area (Å²) < 4.78 is 44.0. The summed E-state index contributed by atoms with van der Waals surface area (Å²) in [6, 6.07) is 19.5. The van der Waals surface area contributed by atoms with E-state index in [1.165, 1.54) is 28.5 Å². The average molecular weight is 479 g/mol. The van der Waals surface area contributed by atoms with Crippen molar-refractivity contribution in [3.63, 3.8) is 0 Å². The Balaban J connectivity index is 0.00000306. The number of hydrogen-bond acceptors (Lipinski definition) is 3. The van der Waals surface area contributed by atoms with E-state index < -0.39 is 11.7 Å². The molecular weight excluding hydrogens is 453 g/mol. The van der Waals surface area contributed by atoms with Gasteiger partial charge in [-0.3, -0.25) is 4.79 Å². The summed E-state index contributed by atoms with van der Waals surface area (Å²) in [6.45, 7) is 3.26. The highest BCUT2D eigenvalue weighted by Crippen LogP contribution is 2.29. The highest BCUT2D eigenvalue weighted by Gasteiger charge is 2.30. The smallest absolute Gasteiger partial charge is 0.365 e. The number of morpholine rings is 1. The van der Waals surface area contributed by atoms with Gasteiger partial charge in [0.1, 0.15) is 6.61 Å². The van der Waals surface area contributed by atoms with Gasteiger partial charge in [0.15, 0.2) is 0 Å². The van der Waals surface area contributed by atoms with Crippen molar-refractivity contribution in [1.82, 2.24) is 10.2 Å². The predicted molar refractivity (Wildman–Crippen MR) is 124 cm³/mol. The van der Waals surface area contributed by atoms with Crippen molar-refractivity contribution in [1.29, 1.82) is 0 Å². The third-order valence-corrected chi connectivity index (χ3v) is 5.82. The summed E-state index contributed by atoms with van der Waals surface area (Å²) in [7, 11) is 0. The van der Waals surface area contributed by atoms with Gasteiger partial charge in [-0.25, -0.2) is 0 Å². The van der Waals surface area contributed by atoms with E-state index in [2.05, 4.69) is 36.5 Å². The van der Waals surface area contributed by atoms with Crippen molar-refractivity contribution < 1.29 is 22.7 Å². The number of alkyl halides is 3. The van der Waals surface area contributed by atoms with Crippen molar-refractivity contribution in [2.24, 2.45) is 0 Å². The number of hydrogen-bond donors (Lipinski definition) is 1. The molecule has 33 heavy (non-hydrogen) atoms. The van der Waals surface area contributed by atoms with E-state index in [-0.39, 0.29) is 43.6 Å². The summed E-state index contributed by atoms with van der Waals surface area (Å²) in [5, 5.41) is 5.87. The maximum atomic E-state index is 12.8. The average Bonchev–Trinajstić information content (AvgIpc) is 2.78. The number of benzene rings is 3. The first-order chi connectivity index (χ1) is 15.3. The minimum atomic E-state index is -4.37. The third-order valence-electron chi connectivity index (χ3n) is 5.82. The first kappa shape index (κ1) is 25.0. The largest absolute Gasteiger partial charge is 0.416 e. The zero-order valence-electron chi connectivity index (χ0n) is 18.1. The second-order valence-corrected chi connectivity index (χ2v) is 8.10. The molecule has 1 unspecified atom stereocenters. The molecular formula is C25H26ClF3N2O2. The van der Waals surface area contributed by atoms with Crippen molar-refractivity contribution >= 4 is 29.1 Å². The van der Waals surface area contributed by atoms with E-state index in [4.69, 9.17) is 4.74 Å². The van der Waals surface area contributed by atoms with Crippen molar-refractivity contribution in [3.8, 4) is 0 Å². The Hall–Kier alpha value is -2.61. The number of nitrogens with one attached hydrogen (secondary N) is 1. The van der Waals surface area contributed by atoms with Crippen LogP contribution in [0, 0.1) is 0 Å². The van der Waals surface area contributed by atoms with Gasteiger partial charge >= 0.3 is 6.18 Å². The molecule has 0 spiro atoms. The second kappa shape index (κ2) is 10.5. The Morgan fingerprint density at radius 2 is 1.76 bits per heavy atom. The molecule has 1 aliphatic rings. The molecule has 1 amide bonds. The van der Waals surface area contributed by atoms with Gasteiger partial charge in [0.05, 0.1) is 11.7 Å². The van der Waals surface area contributed by atoms with E-state index in [0.29, 0.717) is 18.7 Å². The Bertz CT molecular complexity index is 1080. The minimum absolute atomic E-state index is 0. The molecule has 1 saturated heterocycles. The third kappa shape index (κ3) is 6.05. The van der Waals surface area contributed by atoms with Gasteiger partial charge in [-0.15, -0.1) is 12.4 Å². The molecule has 3 aromatic rings. The maximum Gasteiger partial charge on any atom is 0.416 e. The molecule has 0 aliphatic carbocycles. The SMILES string of the molecule is C[C@@H](NCC1CN(Cc2ccc(C(F)(F)F)cc2)C(=O)CO1)c1cccc2ccccc12.Cl. The van der Waals surface area contributed by atoms with Crippen molar-refractivity contribution in [2.45, 2.75) is 31.8 Å². The summed E-state index contributed by atoms with van der Waals surface area (Å²) in [5.41, 5.74) is 1.15. The fraction of sp³-hybridized carbons (Fsp3) is 0.320. The van der Waals surface area contributed by atoms with Crippen LogP contribution in [0.3, 0.4) is 0 Å². The van der Waals surface area contributed by atoms with Crippen LogP contribution >= 0.6 is 12.4 Å². The molecule has 4 nitrogen and oxygen atoms in total. The minimum Gasteiger partial charge on any atom is -0.365 e. The van der Waals surface area contributed by atoms with Crippen LogP contribution < -0.4 is 5.32 Å². The van der Waals surface area contributed by atoms with Crippen LogP contribution in [0.2, 0.25) is 0 Å². The summed E-state index contributed by atoms with van der Waals surface area (Å²) >= 11 is 0. The number of fused-ring (bicyclic) bond motifs is 1. The molecule has 1 fully saturated rings. The first-order valence-corrected chi connectivity index (χ1v) is 10.6. The molecule has 8 heteroatoms. The van der Waals surface area contributed by atoms with Crippen LogP contribution in [0.15, 0.2) is 66.7 Å². The number of carbonyl (C=O) groups is 1. The van der Waals surface area contributed by atoms with Crippen LogP contribution in [-0.4, -0.2) is 36.6 Å². The van der Waals surface area contributed by atoms with E-state index in [9.17, 15) is 18.0 Å². The molecule has 0 saturated carbocycles. The molecule has 176 valence electrons. The number of carbonyl (C=O) groups excluding carboxylic acids is 1. The number of ether oxygens (including phenoxy) is 1. The molecule has 1 N–H and O–H groups in total. The van der Waals surface area contributed by atoms with Gasteiger partial charge in [0.2, 0.25) is 5.91 Å². The quantitative estimate of drug-likeness (QED) is 0.518. The van der Waals surface area contributed by atoms with Gasteiger partial charge in [-0.2, -0.15) is 13.2 Å². The van der Waals surface area contributed by atoms with Crippen LogP contribution in [0.5, 0.6) is 0 Å². The fourth-order valence-corrected chi connectivity index (χ4v) is 4.02. The predicted octanol–water partition coefficient (Wildman–Crippen LogP) is 5.36. The molecule has 3 aromatic carbocycles. The van der Waals surface area contributed by atoms with Gasteiger partial charge in [0, 0.05) is 25.7 Å². The summed E-state index contributed by atoms with van der Waals surface area (Å²) in [5.74, 6) is -0.164. The van der Waals surface area contributed by atoms with Gasteiger partial charge in [-0.05, 0) is 41.0 Å². The highest BCUT2D eigenvalue weighted by molar-refractivity contribution is 5.86. The van der Waals surface area contributed by atoms with Crippen LogP contribution in [0.1, 0.15) is 29.7 Å². The van der Waals surface area contributed by atoms with E-state index in [1.54, 1.807) is 4.90 Å². The first-order valence-electron chi connectivity index (χ1n) is 10.6. The lowest BCUT2D eigenvalue weighted by molar-refractivity contribution is -0.149. The molecule has 0 bridgehead atoms. The molecule has 4 rings (SSSR count). The molecule has 0 radical (unpaired) electrons.